The zero-order valence-corrected chi connectivity index (χ0v) is 67.6. The van der Waals surface area contributed by atoms with E-state index in [2.05, 4.69) is 360 Å². The topological polar surface area (TPSA) is 164 Å². The molecule has 0 amide bonds. The zero-order chi connectivity index (χ0) is 80.9. The third kappa shape index (κ3) is 15.1. The Morgan fingerprint density at radius 3 is 0.856 bits per heavy atom. The molecule has 0 spiro atoms. The number of anilines is 6. The maximum atomic E-state index is 11.3. The van der Waals surface area contributed by atoms with Gasteiger partial charge in [0.1, 0.15) is 0 Å². The second-order valence-electron chi connectivity index (χ2n) is 30.7. The van der Waals surface area contributed by atoms with E-state index in [0.29, 0.717) is 45.0 Å². The van der Waals surface area contributed by atoms with Crippen LogP contribution in [0.1, 0.15) is 11.1 Å². The minimum Gasteiger partial charge on any atom is -0.399 e. The Hall–Kier alpha value is -14.2. The molecule has 10 N–H and O–H groups in total. The second-order valence-corrected chi connectivity index (χ2v) is 30.7. The van der Waals surface area contributed by atoms with E-state index >= 15 is 0 Å². The normalized spacial score (nSPS) is 12.0. The Morgan fingerprint density at radius 1 is 0.254 bits per heavy atom. The first kappa shape index (κ1) is 76.5. The molecular weight excluding hydrogens is 1450 g/mol. The third-order valence-electron chi connectivity index (χ3n) is 23.3. The number of hydrogen-bond acceptors (Lipinski definition) is 8. The number of aliphatic hydroxyl groups excluding tert-OH is 2. The first-order chi connectivity index (χ1) is 57.9. The van der Waals surface area contributed by atoms with E-state index < -0.39 is 0 Å². The van der Waals surface area contributed by atoms with E-state index in [0.717, 1.165) is 139 Å². The van der Waals surface area contributed by atoms with Gasteiger partial charge in [0.05, 0.1) is 67.4 Å². The number of aliphatic hydroxyl groups is 2. The van der Waals surface area contributed by atoms with Crippen molar-refractivity contribution in [3.05, 3.63) is 362 Å². The minimum atomic E-state index is -0.222. The molecule has 6 aromatic heterocycles. The predicted molar refractivity (Wildman–Crippen MR) is 486 cm³/mol. The van der Waals surface area contributed by atoms with Crippen molar-refractivity contribution in [2.75, 3.05) is 74.1 Å². The van der Waals surface area contributed by atoms with Crippen molar-refractivity contribution >= 4 is 121 Å². The van der Waals surface area contributed by atoms with Gasteiger partial charge in [-0.3, -0.25) is 0 Å². The van der Waals surface area contributed by atoms with Crippen LogP contribution in [0.25, 0.3) is 132 Å². The first-order valence-corrected chi connectivity index (χ1v) is 40.5. The molecule has 0 aliphatic carbocycles. The molecule has 0 aliphatic heterocycles. The van der Waals surface area contributed by atoms with Gasteiger partial charge in [-0.2, -0.15) is 18.3 Å². The van der Waals surface area contributed by atoms with Crippen LogP contribution in [0.15, 0.2) is 350 Å². The molecule has 0 unspecified atom stereocenters. The number of fused-ring (bicyclic) bond motifs is 12. The van der Waals surface area contributed by atoms with Gasteiger partial charge in [-0.15, -0.1) is 0 Å². The molecular formula is C104H98N12O2+6. The molecule has 0 fully saturated rings. The van der Waals surface area contributed by atoms with Crippen molar-refractivity contribution in [2.45, 2.75) is 53.1 Å². The van der Waals surface area contributed by atoms with Gasteiger partial charge in [-0.25, -0.2) is 9.13 Å². The van der Waals surface area contributed by atoms with E-state index in [4.69, 9.17) is 11.5 Å². The van der Waals surface area contributed by atoms with Crippen LogP contribution < -0.4 is 60.1 Å². The summed E-state index contributed by atoms with van der Waals surface area (Å²) in [6.07, 6.45) is 8.72. The van der Waals surface area contributed by atoms with Crippen LogP contribution in [0.3, 0.4) is 0 Å². The molecule has 0 atom stereocenters. The maximum absolute atomic E-state index is 11.3. The predicted octanol–water partition coefficient (Wildman–Crippen LogP) is 18.3. The highest BCUT2D eigenvalue weighted by Gasteiger charge is 2.35. The summed E-state index contributed by atoms with van der Waals surface area (Å²) in [5, 5.41) is 50.0. The van der Waals surface area contributed by atoms with Gasteiger partial charge in [-0.1, -0.05) is 127 Å². The lowest BCUT2D eigenvalue weighted by atomic mass is 9.96. The molecule has 118 heavy (non-hydrogen) atoms. The highest BCUT2D eigenvalue weighted by Crippen LogP contribution is 2.40. The number of allylic oxidation sites excluding steroid dienone is 2. The average molecular weight is 1550 g/mol. The summed E-state index contributed by atoms with van der Waals surface area (Å²) in [6, 6.07) is 108. The number of pyridine rings is 6. The van der Waals surface area contributed by atoms with Gasteiger partial charge in [0.15, 0.2) is 64.1 Å². The molecule has 12 aromatic carbocycles. The van der Waals surface area contributed by atoms with E-state index in [1.165, 1.54) is 54.7 Å². The Morgan fingerprint density at radius 2 is 0.517 bits per heavy atom. The Bertz CT molecular complexity index is 6910. The van der Waals surface area contributed by atoms with Crippen LogP contribution in [-0.2, 0) is 39.3 Å². The fraction of sp³-hybridized carbons (Fsp3) is 0.135. The zero-order valence-electron chi connectivity index (χ0n) is 67.6. The van der Waals surface area contributed by atoms with Gasteiger partial charge < -0.3 is 42.9 Å². The van der Waals surface area contributed by atoms with Gasteiger partial charge in [0.25, 0.3) is 0 Å². The Balaban J connectivity index is 0.000000173. The summed E-state index contributed by atoms with van der Waals surface area (Å²) in [5.41, 5.74) is 38.3. The highest BCUT2D eigenvalue weighted by atomic mass is 16.3. The van der Waals surface area contributed by atoms with E-state index in [-0.39, 0.29) is 13.2 Å². The Labute approximate surface area is 688 Å². The number of aromatic nitrogens is 6. The van der Waals surface area contributed by atoms with Gasteiger partial charge in [0, 0.05) is 166 Å². The lowest BCUT2D eigenvalue weighted by Gasteiger charge is -2.17. The van der Waals surface area contributed by atoms with Crippen LogP contribution in [0.2, 0.25) is 0 Å². The number of nitrogens with two attached hydrogens (primary N) is 2. The summed E-state index contributed by atoms with van der Waals surface area (Å²) in [7, 11) is 7.91. The molecule has 0 aliphatic rings. The molecule has 0 saturated carbocycles. The number of aryl methyl sites for hydroxylation is 2. The fourth-order valence-corrected chi connectivity index (χ4v) is 17.4. The maximum Gasteiger partial charge on any atom is 0.221 e. The summed E-state index contributed by atoms with van der Waals surface area (Å²) in [6.45, 7) is 7.11. The number of nitrogen functional groups attached to an aromatic ring is 2. The fourth-order valence-electron chi connectivity index (χ4n) is 17.4. The van der Waals surface area contributed by atoms with Crippen LogP contribution in [-0.4, -0.2) is 51.6 Å². The van der Waals surface area contributed by atoms with Gasteiger partial charge in [-0.05, 0) is 153 Å². The lowest BCUT2D eigenvalue weighted by molar-refractivity contribution is -0.708. The van der Waals surface area contributed by atoms with Crippen LogP contribution in [0.4, 0.5) is 34.1 Å². The van der Waals surface area contributed by atoms with Crippen molar-refractivity contribution in [1.82, 2.24) is 0 Å². The summed E-state index contributed by atoms with van der Waals surface area (Å²) in [5.74, 6) is 0. The van der Waals surface area contributed by atoms with Crippen molar-refractivity contribution in [1.29, 1.82) is 0 Å². The summed E-state index contributed by atoms with van der Waals surface area (Å²) in [4.78, 5) is 0. The van der Waals surface area contributed by atoms with Crippen molar-refractivity contribution in [3.63, 3.8) is 0 Å². The second kappa shape index (κ2) is 33.7. The minimum absolute atomic E-state index is 0.213. The third-order valence-corrected chi connectivity index (χ3v) is 23.3. The quantitative estimate of drug-likeness (QED) is 0.0144. The standard InChI is InChI=1S/C57H52N8.C47H43N4O2/c1-59-45-21-25-48-50-24-20-44(58)32-54(50)64(56(52(48)33-45)40-16-8-4-9-17-40)38-42(36-62-28-12-6-13-29-62)43(37-63-30-14-7-15-31-63)39-65-55-35-47(61-3)23-27-51(55)49-26-22-46(60-2)34-53(49)57(65)41-18-10-5-11-19-41;1-30-14-18-38-40-19-15-31(2)23-44(40)50(46(42(38)22-30)32-10-6-4-7-11-32)26-34(28-52)35(29-53)27-51-45-24-36(48)16-20-41(45)39-21-17-37(49-3)25-43(39)47(51)33-12-8-5-9-13-33/h4-35,58-60H,36-39H2,1-3H3;4-25,48-49,52-53H,26-29H2,1-3H3/q+2;+1/p+3/b43-42+;35-34+. The number of hydrogen-bond donors (Lipinski definition) is 8. The highest BCUT2D eigenvalue weighted by molar-refractivity contribution is 6.14. The van der Waals surface area contributed by atoms with Crippen molar-refractivity contribution in [2.24, 2.45) is 0 Å². The van der Waals surface area contributed by atoms with Gasteiger partial charge >= 0.3 is 0 Å². The molecule has 14 heteroatoms. The number of rotatable bonds is 22. The molecule has 18 aromatic rings. The van der Waals surface area contributed by atoms with E-state index in [1.54, 1.807) is 0 Å². The smallest absolute Gasteiger partial charge is 0.221 e. The summed E-state index contributed by atoms with van der Waals surface area (Å²) >= 11 is 0. The molecule has 0 bridgehead atoms. The lowest BCUT2D eigenvalue weighted by Crippen LogP contribution is -2.47. The average Bonchev–Trinajstić information content (AvgIpc) is 0.749. The largest absolute Gasteiger partial charge is 0.399 e. The Kier molecular flexibility index (Phi) is 21.8. The molecule has 580 valence electrons. The van der Waals surface area contributed by atoms with Crippen LogP contribution in [0.5, 0.6) is 0 Å². The SMILES string of the molecule is CNc1ccc2c(c1)c(-c1ccccc1)[n+](C/C(CO)=C(\CO)C[n+]1c(-c3ccccc3)c3cc(C)ccc3c3ccc(C)cc31)c1cc(N)ccc21.CNc1ccc2c(c1)c(-c1ccccc1)[n+](C/C(C[n+]1ccccc1)=C(\C[n+]1ccccc1)C[n+]1c(-c3ccccc3)c3cc(NC)ccc3c3ccc(NC)cc31)c1cc(N)ccc21. The van der Waals surface area contributed by atoms with E-state index in [1.807, 2.05) is 58.5 Å². The number of nitrogens with zero attached hydrogens (tertiary/aromatic N) is 6. The van der Waals surface area contributed by atoms with E-state index in [9.17, 15) is 10.2 Å². The number of nitrogens with one attached hydrogen (secondary N) is 4. The molecule has 14 nitrogen and oxygen atoms in total. The molecule has 18 rings (SSSR count). The molecule has 0 saturated heterocycles. The molecule has 6 heterocycles. The van der Waals surface area contributed by atoms with Crippen LogP contribution in [0, 0.1) is 13.8 Å². The van der Waals surface area contributed by atoms with Gasteiger partial charge in [0.2, 0.25) is 44.8 Å². The monoisotopic (exact) mass is 1550 g/mol. The molecule has 0 radical (unpaired) electrons. The first-order valence-electron chi connectivity index (χ1n) is 40.5. The van der Waals surface area contributed by atoms with Crippen molar-refractivity contribution in [3.8, 4) is 45.0 Å². The number of benzene rings is 12. The van der Waals surface area contributed by atoms with Crippen molar-refractivity contribution < 1.29 is 37.6 Å². The van der Waals surface area contributed by atoms with Crippen LogP contribution >= 0.6 is 0 Å². The summed E-state index contributed by atoms with van der Waals surface area (Å²) < 4.78 is 14.3.